The Kier molecular flexibility index (Phi) is 8.13. The fourth-order valence-electron chi connectivity index (χ4n) is 3.80. The summed E-state index contributed by atoms with van der Waals surface area (Å²) in [6.45, 7) is 15.4. The highest BCUT2D eigenvalue weighted by Gasteiger charge is 2.31. The van der Waals surface area contributed by atoms with Crippen LogP contribution in [0.4, 0.5) is 0 Å². The van der Waals surface area contributed by atoms with E-state index in [1.54, 1.807) is 0 Å². The van der Waals surface area contributed by atoms with Gasteiger partial charge in [0.15, 0.2) is 0 Å². The second-order valence-corrected chi connectivity index (χ2v) is 7.75. The third-order valence-electron chi connectivity index (χ3n) is 4.85. The number of rotatable bonds is 8. The molecule has 1 saturated carbocycles. The summed E-state index contributed by atoms with van der Waals surface area (Å²) in [6.07, 6.45) is 5.46. The molecule has 0 aromatic rings. The summed E-state index contributed by atoms with van der Waals surface area (Å²) in [5.41, 5.74) is 0. The van der Waals surface area contributed by atoms with Crippen molar-refractivity contribution in [3.63, 3.8) is 0 Å². The first kappa shape index (κ1) is 18.0. The molecule has 0 heterocycles. The molecule has 1 rings (SSSR count). The third kappa shape index (κ3) is 6.13. The van der Waals surface area contributed by atoms with Crippen LogP contribution < -0.4 is 5.32 Å². The molecule has 1 N–H and O–H groups in total. The first-order valence-electron chi connectivity index (χ1n) is 8.85. The van der Waals surface area contributed by atoms with Crippen molar-refractivity contribution in [3.05, 3.63) is 0 Å². The van der Waals surface area contributed by atoms with Crippen LogP contribution in [0.3, 0.4) is 0 Å². The van der Waals surface area contributed by atoms with Gasteiger partial charge in [0.1, 0.15) is 0 Å². The van der Waals surface area contributed by atoms with Crippen LogP contribution in [0.1, 0.15) is 60.3 Å². The molecule has 20 heavy (non-hydrogen) atoms. The zero-order chi connectivity index (χ0) is 15.1. The lowest BCUT2D eigenvalue weighted by atomic mass is 9.73. The second-order valence-electron chi connectivity index (χ2n) is 7.75. The van der Waals surface area contributed by atoms with E-state index < -0.39 is 0 Å². The van der Waals surface area contributed by atoms with Gasteiger partial charge in [0, 0.05) is 19.1 Å². The van der Waals surface area contributed by atoms with E-state index in [-0.39, 0.29) is 0 Å². The van der Waals surface area contributed by atoms with Gasteiger partial charge in [-0.25, -0.2) is 0 Å². The molecule has 120 valence electrons. The molecule has 0 aliphatic heterocycles. The lowest BCUT2D eigenvalue weighted by Gasteiger charge is -2.40. The highest BCUT2D eigenvalue weighted by molar-refractivity contribution is 4.87. The van der Waals surface area contributed by atoms with Gasteiger partial charge >= 0.3 is 0 Å². The van der Waals surface area contributed by atoms with E-state index in [1.165, 1.54) is 45.3 Å². The van der Waals surface area contributed by atoms with Gasteiger partial charge in [-0.2, -0.15) is 0 Å². The summed E-state index contributed by atoms with van der Waals surface area (Å²) in [5.74, 6) is 3.39. The van der Waals surface area contributed by atoms with Gasteiger partial charge in [-0.05, 0) is 62.9 Å². The molecule has 1 fully saturated rings. The third-order valence-corrected chi connectivity index (χ3v) is 4.85. The highest BCUT2D eigenvalue weighted by atomic mass is 15.1. The van der Waals surface area contributed by atoms with Gasteiger partial charge < -0.3 is 10.2 Å². The minimum atomic E-state index is 0.750. The van der Waals surface area contributed by atoms with Gasteiger partial charge in [0.2, 0.25) is 0 Å². The Morgan fingerprint density at radius 2 is 1.85 bits per heavy atom. The summed E-state index contributed by atoms with van der Waals surface area (Å²) >= 11 is 0. The van der Waals surface area contributed by atoms with Crippen molar-refractivity contribution in [2.24, 2.45) is 23.7 Å². The lowest BCUT2D eigenvalue weighted by Crippen LogP contribution is -2.46. The van der Waals surface area contributed by atoms with Crippen LogP contribution in [0.25, 0.3) is 0 Å². The molecule has 0 saturated heterocycles. The summed E-state index contributed by atoms with van der Waals surface area (Å²) in [4.78, 5) is 2.55. The van der Waals surface area contributed by atoms with Crippen molar-refractivity contribution in [1.82, 2.24) is 10.2 Å². The molecule has 2 nitrogen and oxygen atoms in total. The van der Waals surface area contributed by atoms with Gasteiger partial charge in [-0.15, -0.1) is 0 Å². The average Bonchev–Trinajstić information content (AvgIpc) is 2.35. The van der Waals surface area contributed by atoms with E-state index in [9.17, 15) is 0 Å². The quantitative estimate of drug-likeness (QED) is 0.723. The topological polar surface area (TPSA) is 15.3 Å². The monoisotopic (exact) mass is 282 g/mol. The van der Waals surface area contributed by atoms with Gasteiger partial charge in [-0.3, -0.25) is 0 Å². The Hall–Kier alpha value is -0.0800. The van der Waals surface area contributed by atoms with Crippen LogP contribution in [0, 0.1) is 23.7 Å². The summed E-state index contributed by atoms with van der Waals surface area (Å²) < 4.78 is 0. The standard InChI is InChI=1S/C18H38N2/c1-7-10-19-18-9-8-16(15(4)5)11-17(18)13-20(6)12-14(2)3/h14-19H,7-13H2,1-6H3. The predicted octanol–water partition coefficient (Wildman–Crippen LogP) is 4.01. The molecule has 0 aromatic carbocycles. The largest absolute Gasteiger partial charge is 0.314 e. The number of hydrogen-bond acceptors (Lipinski definition) is 2. The van der Waals surface area contributed by atoms with E-state index in [0.717, 1.165) is 29.7 Å². The zero-order valence-corrected chi connectivity index (χ0v) is 14.8. The van der Waals surface area contributed by atoms with Crippen molar-refractivity contribution in [2.45, 2.75) is 66.3 Å². The molecular formula is C18H38N2. The molecule has 0 amide bonds. The van der Waals surface area contributed by atoms with Crippen molar-refractivity contribution in [3.8, 4) is 0 Å². The normalized spacial score (nSPS) is 27.8. The van der Waals surface area contributed by atoms with Gasteiger partial charge in [0.05, 0.1) is 0 Å². The fraction of sp³-hybridized carbons (Fsp3) is 1.00. The molecule has 1 aliphatic carbocycles. The molecule has 2 heteroatoms. The second kappa shape index (κ2) is 9.04. The van der Waals surface area contributed by atoms with E-state index in [2.05, 4.69) is 51.9 Å². The van der Waals surface area contributed by atoms with E-state index in [4.69, 9.17) is 0 Å². The summed E-state index contributed by atoms with van der Waals surface area (Å²) in [5, 5.41) is 3.81. The molecule has 3 unspecified atom stereocenters. The van der Waals surface area contributed by atoms with E-state index in [0.29, 0.717) is 0 Å². The Labute approximate surface area is 127 Å². The summed E-state index contributed by atoms with van der Waals surface area (Å²) in [7, 11) is 2.30. The molecule has 0 spiro atoms. The minimum Gasteiger partial charge on any atom is -0.314 e. The molecular weight excluding hydrogens is 244 g/mol. The molecule has 1 aliphatic rings. The van der Waals surface area contributed by atoms with Crippen molar-refractivity contribution < 1.29 is 0 Å². The first-order chi connectivity index (χ1) is 9.43. The molecule has 0 aromatic heterocycles. The Bertz CT molecular complexity index is 250. The van der Waals surface area contributed by atoms with Crippen LogP contribution in [0.2, 0.25) is 0 Å². The van der Waals surface area contributed by atoms with E-state index >= 15 is 0 Å². The molecule has 3 atom stereocenters. The highest BCUT2D eigenvalue weighted by Crippen LogP contribution is 2.34. The maximum atomic E-state index is 3.81. The summed E-state index contributed by atoms with van der Waals surface area (Å²) in [6, 6.07) is 0.750. The Morgan fingerprint density at radius 1 is 1.15 bits per heavy atom. The SMILES string of the molecule is CCCNC1CCC(C(C)C)CC1CN(C)CC(C)C. The Balaban J connectivity index is 2.56. The van der Waals surface area contributed by atoms with Crippen molar-refractivity contribution in [2.75, 3.05) is 26.7 Å². The minimum absolute atomic E-state index is 0.750. The van der Waals surface area contributed by atoms with Crippen molar-refractivity contribution >= 4 is 0 Å². The van der Waals surface area contributed by atoms with Crippen LogP contribution in [-0.4, -0.2) is 37.6 Å². The van der Waals surface area contributed by atoms with Gasteiger partial charge in [0.25, 0.3) is 0 Å². The van der Waals surface area contributed by atoms with Crippen LogP contribution in [0.15, 0.2) is 0 Å². The average molecular weight is 283 g/mol. The first-order valence-corrected chi connectivity index (χ1v) is 8.85. The number of nitrogens with one attached hydrogen (secondary N) is 1. The van der Waals surface area contributed by atoms with Gasteiger partial charge in [-0.1, -0.05) is 34.6 Å². The maximum absolute atomic E-state index is 3.81. The van der Waals surface area contributed by atoms with Crippen molar-refractivity contribution in [1.29, 1.82) is 0 Å². The molecule has 0 bridgehead atoms. The fourth-order valence-corrected chi connectivity index (χ4v) is 3.80. The Morgan fingerprint density at radius 3 is 2.40 bits per heavy atom. The van der Waals surface area contributed by atoms with Crippen LogP contribution >= 0.6 is 0 Å². The smallest absolute Gasteiger partial charge is 0.0108 e. The van der Waals surface area contributed by atoms with Crippen LogP contribution in [0.5, 0.6) is 0 Å². The lowest BCUT2D eigenvalue weighted by molar-refractivity contribution is 0.127. The number of nitrogens with zero attached hydrogens (tertiary/aromatic N) is 1. The van der Waals surface area contributed by atoms with E-state index in [1.807, 2.05) is 0 Å². The maximum Gasteiger partial charge on any atom is 0.0108 e. The number of hydrogen-bond donors (Lipinski definition) is 1. The van der Waals surface area contributed by atoms with Crippen LogP contribution in [-0.2, 0) is 0 Å². The predicted molar refractivity (Wildman–Crippen MR) is 90.1 cm³/mol. The zero-order valence-electron chi connectivity index (χ0n) is 14.8. The molecule has 0 radical (unpaired) electrons.